The minimum atomic E-state index is -4.24. The lowest BCUT2D eigenvalue weighted by molar-refractivity contribution is -0.126. The van der Waals surface area contributed by atoms with Crippen molar-refractivity contribution in [2.75, 3.05) is 11.9 Å². The van der Waals surface area contributed by atoms with Crippen LogP contribution in [0.3, 0.4) is 0 Å². The summed E-state index contributed by atoms with van der Waals surface area (Å²) in [7, 11) is 0. The third-order valence-electron chi connectivity index (χ3n) is 5.09. The number of aromatic nitrogens is 1. The van der Waals surface area contributed by atoms with Gasteiger partial charge in [0.15, 0.2) is 0 Å². The molecule has 0 aromatic carbocycles. The number of nitrogens with one attached hydrogen (secondary N) is 2. The second-order valence-electron chi connectivity index (χ2n) is 8.06. The number of alkyl halides is 4. The Labute approximate surface area is 167 Å². The number of hydrogen-bond acceptors (Lipinski definition) is 5. The van der Waals surface area contributed by atoms with Crippen LogP contribution >= 0.6 is 0 Å². The molecule has 0 bridgehead atoms. The molecule has 1 fully saturated rings. The highest BCUT2D eigenvalue weighted by Crippen LogP contribution is 2.27. The molecule has 1 aliphatic carbocycles. The fourth-order valence-electron chi connectivity index (χ4n) is 3.40. The molecule has 29 heavy (non-hydrogen) atoms. The van der Waals surface area contributed by atoms with Crippen molar-refractivity contribution in [1.82, 2.24) is 10.3 Å². The molecule has 1 amide bonds. The largest absolute Gasteiger partial charge is 0.401 e. The lowest BCUT2D eigenvalue weighted by atomic mass is 9.90. The maximum Gasteiger partial charge on any atom is 0.401 e. The summed E-state index contributed by atoms with van der Waals surface area (Å²) in [5, 5.41) is 15.5. The number of aliphatic hydroxyl groups is 1. The Morgan fingerprint density at radius 2 is 1.86 bits per heavy atom. The fourth-order valence-corrected chi connectivity index (χ4v) is 3.40. The summed E-state index contributed by atoms with van der Waals surface area (Å²) in [5.41, 5.74) is 4.52. The minimum absolute atomic E-state index is 0.0530. The predicted octanol–water partition coefficient (Wildman–Crippen LogP) is 2.71. The molecule has 1 aromatic rings. The molecular weight excluding hydrogens is 392 g/mol. The smallest absolute Gasteiger partial charge is 0.387 e. The summed E-state index contributed by atoms with van der Waals surface area (Å²) >= 11 is 0. The minimum Gasteiger partial charge on any atom is -0.387 e. The topological polar surface area (TPSA) is 100 Å². The predicted molar refractivity (Wildman–Crippen MR) is 101 cm³/mol. The number of nitrogens with two attached hydrogens (primary N) is 1. The standard InChI is InChI=1S/C19H28F4N4O2/c1-18(2,29)15(20)9-14-16(17(24)28)13(7-8-25-14)27-12-5-3-11(4-6-12)26-10-19(21,22)23/h7-8,11-12,15,26,29H,3-6,9-10H2,1-2H3,(H2,24,28)(H,25,27)/t11?,12?,15-/m1/s1. The zero-order valence-electron chi connectivity index (χ0n) is 16.5. The normalized spacial score (nSPS) is 21.6. The Balaban J connectivity index is 2.04. The molecule has 0 radical (unpaired) electrons. The van der Waals surface area contributed by atoms with Crippen LogP contribution in [0, 0.1) is 0 Å². The molecule has 0 saturated heterocycles. The molecule has 0 unspecified atom stereocenters. The van der Waals surface area contributed by atoms with Crippen LogP contribution in [-0.4, -0.2) is 52.6 Å². The third-order valence-corrected chi connectivity index (χ3v) is 5.09. The van der Waals surface area contributed by atoms with Gasteiger partial charge in [-0.05, 0) is 45.6 Å². The average molecular weight is 420 g/mol. The molecule has 1 aliphatic rings. The van der Waals surface area contributed by atoms with E-state index in [1.807, 2.05) is 0 Å². The molecule has 6 nitrogen and oxygen atoms in total. The SMILES string of the molecule is CC(C)(O)[C@H](F)Cc1nccc(NC2CCC(NCC(F)(F)F)CC2)c1C(N)=O. The van der Waals surface area contributed by atoms with Gasteiger partial charge < -0.3 is 21.5 Å². The third kappa shape index (κ3) is 7.11. The van der Waals surface area contributed by atoms with Crippen LogP contribution in [0.1, 0.15) is 55.6 Å². The Kier molecular flexibility index (Phi) is 7.45. The highest BCUT2D eigenvalue weighted by atomic mass is 19.4. The first kappa shape index (κ1) is 23.3. The van der Waals surface area contributed by atoms with Crippen LogP contribution in [0.15, 0.2) is 12.3 Å². The monoisotopic (exact) mass is 420 g/mol. The Morgan fingerprint density at radius 1 is 1.28 bits per heavy atom. The van der Waals surface area contributed by atoms with Gasteiger partial charge >= 0.3 is 6.18 Å². The van der Waals surface area contributed by atoms with E-state index in [-0.39, 0.29) is 29.8 Å². The van der Waals surface area contributed by atoms with Gasteiger partial charge in [-0.15, -0.1) is 0 Å². The number of carbonyl (C=O) groups excluding carboxylic acids is 1. The molecule has 2 rings (SSSR count). The summed E-state index contributed by atoms with van der Waals surface area (Å²) in [5.74, 6) is -0.765. The first-order chi connectivity index (χ1) is 13.4. The van der Waals surface area contributed by atoms with E-state index in [0.717, 1.165) is 0 Å². The number of hydrogen-bond donors (Lipinski definition) is 4. The second-order valence-corrected chi connectivity index (χ2v) is 8.06. The summed E-state index contributed by atoms with van der Waals surface area (Å²) in [6.45, 7) is 1.64. The quantitative estimate of drug-likeness (QED) is 0.485. The average Bonchev–Trinajstić information content (AvgIpc) is 2.59. The Morgan fingerprint density at radius 3 is 2.38 bits per heavy atom. The number of primary amides is 1. The van der Waals surface area contributed by atoms with E-state index in [4.69, 9.17) is 5.73 Å². The van der Waals surface area contributed by atoms with E-state index in [2.05, 4.69) is 15.6 Å². The van der Waals surface area contributed by atoms with Crippen LogP contribution < -0.4 is 16.4 Å². The van der Waals surface area contributed by atoms with Gasteiger partial charge in [-0.3, -0.25) is 9.78 Å². The molecule has 0 aliphatic heterocycles. The van der Waals surface area contributed by atoms with Gasteiger partial charge in [0.25, 0.3) is 5.91 Å². The highest BCUT2D eigenvalue weighted by Gasteiger charge is 2.31. The van der Waals surface area contributed by atoms with Gasteiger partial charge in [-0.25, -0.2) is 4.39 Å². The van der Waals surface area contributed by atoms with E-state index >= 15 is 0 Å². The lowest BCUT2D eigenvalue weighted by Crippen LogP contribution is -2.41. The van der Waals surface area contributed by atoms with Gasteiger partial charge in [0.1, 0.15) is 6.17 Å². The maximum absolute atomic E-state index is 14.3. The molecule has 1 aromatic heterocycles. The van der Waals surface area contributed by atoms with Crippen molar-refractivity contribution >= 4 is 11.6 Å². The molecule has 10 heteroatoms. The van der Waals surface area contributed by atoms with E-state index < -0.39 is 30.4 Å². The summed E-state index contributed by atoms with van der Waals surface area (Å²) in [6.07, 6.45) is -2.38. The van der Waals surface area contributed by atoms with Crippen LogP contribution in [0.4, 0.5) is 23.2 Å². The van der Waals surface area contributed by atoms with E-state index in [0.29, 0.717) is 31.4 Å². The van der Waals surface area contributed by atoms with Crippen LogP contribution in [-0.2, 0) is 6.42 Å². The van der Waals surface area contributed by atoms with E-state index in [1.165, 1.54) is 20.0 Å². The number of carbonyl (C=O) groups is 1. The highest BCUT2D eigenvalue weighted by molar-refractivity contribution is 5.99. The van der Waals surface area contributed by atoms with E-state index in [1.54, 1.807) is 6.07 Å². The van der Waals surface area contributed by atoms with Crippen molar-refractivity contribution < 1.29 is 27.5 Å². The van der Waals surface area contributed by atoms with Gasteiger partial charge in [0.05, 0.1) is 29.1 Å². The molecule has 164 valence electrons. The molecule has 1 heterocycles. The molecule has 1 saturated carbocycles. The van der Waals surface area contributed by atoms with E-state index in [9.17, 15) is 27.5 Å². The zero-order valence-corrected chi connectivity index (χ0v) is 16.5. The number of rotatable bonds is 8. The van der Waals surface area contributed by atoms with Gasteiger partial charge in [-0.2, -0.15) is 13.2 Å². The van der Waals surface area contributed by atoms with Crippen molar-refractivity contribution in [2.45, 2.75) is 76.0 Å². The zero-order chi connectivity index (χ0) is 21.8. The van der Waals surface area contributed by atoms with Crippen molar-refractivity contribution in [3.8, 4) is 0 Å². The second kappa shape index (κ2) is 9.25. The first-order valence-electron chi connectivity index (χ1n) is 9.57. The Hall–Kier alpha value is -1.94. The molecule has 1 atom stereocenters. The van der Waals surface area contributed by atoms with Crippen molar-refractivity contribution in [3.63, 3.8) is 0 Å². The summed E-state index contributed by atoms with van der Waals surface area (Å²) < 4.78 is 51.3. The van der Waals surface area contributed by atoms with Crippen molar-refractivity contribution in [1.29, 1.82) is 0 Å². The summed E-state index contributed by atoms with van der Waals surface area (Å²) in [4.78, 5) is 16.0. The maximum atomic E-state index is 14.3. The first-order valence-corrected chi connectivity index (χ1v) is 9.57. The molecule has 0 spiro atoms. The number of anilines is 1. The number of amides is 1. The molecule has 5 N–H and O–H groups in total. The van der Waals surface area contributed by atoms with Gasteiger partial charge in [0.2, 0.25) is 0 Å². The van der Waals surface area contributed by atoms with Gasteiger partial charge in [0, 0.05) is 24.7 Å². The van der Waals surface area contributed by atoms with Crippen LogP contribution in [0.2, 0.25) is 0 Å². The number of pyridine rings is 1. The van der Waals surface area contributed by atoms with Crippen molar-refractivity contribution in [2.24, 2.45) is 5.73 Å². The Bertz CT molecular complexity index is 698. The van der Waals surface area contributed by atoms with Gasteiger partial charge in [-0.1, -0.05) is 0 Å². The molecular formula is C19H28F4N4O2. The fraction of sp³-hybridized carbons (Fsp3) is 0.684. The summed E-state index contributed by atoms with van der Waals surface area (Å²) in [6, 6.07) is 1.30. The number of halogens is 4. The number of nitrogens with zero attached hydrogens (tertiary/aromatic N) is 1. The van der Waals surface area contributed by atoms with Crippen LogP contribution in [0.25, 0.3) is 0 Å². The lowest BCUT2D eigenvalue weighted by Gasteiger charge is -2.31. The van der Waals surface area contributed by atoms with Crippen LogP contribution in [0.5, 0.6) is 0 Å². The van der Waals surface area contributed by atoms with Crippen molar-refractivity contribution in [3.05, 3.63) is 23.5 Å².